The zero-order chi connectivity index (χ0) is 20.9. The first-order chi connectivity index (χ1) is 13.9. The molecular weight excluding hydrogens is 392 g/mol. The van der Waals surface area contributed by atoms with Crippen LogP contribution in [0.1, 0.15) is 24.8 Å². The zero-order valence-corrected chi connectivity index (χ0v) is 17.4. The van der Waals surface area contributed by atoms with Crippen molar-refractivity contribution in [1.82, 2.24) is 10.1 Å². The van der Waals surface area contributed by atoms with Gasteiger partial charge >= 0.3 is 0 Å². The first kappa shape index (κ1) is 20.7. The molecule has 0 saturated heterocycles. The fraction of sp³-hybridized carbons (Fsp3) is 0.300. The molecule has 3 rings (SSSR count). The minimum absolute atomic E-state index is 0.0812. The highest BCUT2D eigenvalue weighted by molar-refractivity contribution is 7.92. The van der Waals surface area contributed by atoms with Gasteiger partial charge in [0.25, 0.3) is 0 Å². The fourth-order valence-electron chi connectivity index (χ4n) is 2.86. The smallest absolute Gasteiger partial charge is 0.246 e. The van der Waals surface area contributed by atoms with Gasteiger partial charge in [0.05, 0.1) is 30.7 Å². The molecule has 2 aromatic carbocycles. The van der Waals surface area contributed by atoms with Crippen molar-refractivity contribution in [3.8, 4) is 17.1 Å². The molecule has 0 aliphatic carbocycles. The van der Waals surface area contributed by atoms with Gasteiger partial charge in [0.2, 0.25) is 21.7 Å². The van der Waals surface area contributed by atoms with Gasteiger partial charge < -0.3 is 14.6 Å². The fourth-order valence-corrected chi connectivity index (χ4v) is 4.06. The van der Waals surface area contributed by atoms with E-state index in [1.54, 1.807) is 19.2 Å². The summed E-state index contributed by atoms with van der Waals surface area (Å²) >= 11 is 0. The van der Waals surface area contributed by atoms with Crippen molar-refractivity contribution in [2.45, 2.75) is 26.8 Å². The molecule has 3 aromatic rings. The highest BCUT2D eigenvalue weighted by Gasteiger charge is 2.14. The molecule has 0 aliphatic rings. The van der Waals surface area contributed by atoms with Crippen molar-refractivity contribution in [2.75, 3.05) is 22.9 Å². The van der Waals surface area contributed by atoms with Crippen molar-refractivity contribution in [3.63, 3.8) is 0 Å². The number of para-hydroxylation sites is 1. The van der Waals surface area contributed by atoms with Crippen LogP contribution in [0.5, 0.6) is 5.75 Å². The molecule has 0 atom stereocenters. The van der Waals surface area contributed by atoms with Gasteiger partial charge in [-0.25, -0.2) is 8.42 Å². The van der Waals surface area contributed by atoms with Crippen molar-refractivity contribution < 1.29 is 17.7 Å². The monoisotopic (exact) mass is 416 g/mol. The number of anilines is 2. The van der Waals surface area contributed by atoms with Gasteiger partial charge in [-0.3, -0.25) is 4.72 Å². The van der Waals surface area contributed by atoms with Gasteiger partial charge in [0, 0.05) is 5.69 Å². The van der Waals surface area contributed by atoms with E-state index >= 15 is 0 Å². The second-order valence-corrected chi connectivity index (χ2v) is 8.31. The third-order valence-electron chi connectivity index (χ3n) is 4.32. The van der Waals surface area contributed by atoms with Crippen LogP contribution in [-0.2, 0) is 16.6 Å². The molecule has 1 aromatic heterocycles. The Morgan fingerprint density at radius 2 is 1.86 bits per heavy atom. The molecule has 2 N–H and O–H groups in total. The largest absolute Gasteiger partial charge is 0.496 e. The van der Waals surface area contributed by atoms with Gasteiger partial charge in [-0.1, -0.05) is 30.3 Å². The molecule has 0 unspecified atom stereocenters. The predicted molar refractivity (Wildman–Crippen MR) is 112 cm³/mol. The van der Waals surface area contributed by atoms with E-state index in [-0.39, 0.29) is 5.75 Å². The lowest BCUT2D eigenvalue weighted by Crippen LogP contribution is -2.17. The third-order valence-corrected chi connectivity index (χ3v) is 5.79. The third kappa shape index (κ3) is 5.05. The topological polar surface area (TPSA) is 106 Å². The van der Waals surface area contributed by atoms with Crippen LogP contribution in [0.2, 0.25) is 0 Å². The maximum Gasteiger partial charge on any atom is 0.246 e. The molecule has 0 fully saturated rings. The number of benzene rings is 2. The molecule has 1 heterocycles. The average molecular weight is 417 g/mol. The SMILES string of the molecule is CCCS(=O)(=O)Nc1cccc(NCc2nc(-c3ccccc3OC)no2)c1C. The number of sulfonamides is 1. The van der Waals surface area contributed by atoms with Gasteiger partial charge in [0.15, 0.2) is 0 Å². The number of hydrogen-bond acceptors (Lipinski definition) is 7. The van der Waals surface area contributed by atoms with E-state index in [9.17, 15) is 8.42 Å². The lowest BCUT2D eigenvalue weighted by atomic mass is 10.1. The van der Waals surface area contributed by atoms with E-state index < -0.39 is 10.0 Å². The van der Waals surface area contributed by atoms with Gasteiger partial charge in [-0.05, 0) is 43.2 Å². The second-order valence-electron chi connectivity index (χ2n) is 6.46. The van der Waals surface area contributed by atoms with E-state index in [0.29, 0.717) is 36.1 Å². The summed E-state index contributed by atoms with van der Waals surface area (Å²) in [4.78, 5) is 4.41. The Labute approximate surface area is 170 Å². The normalized spacial score (nSPS) is 11.3. The lowest BCUT2D eigenvalue weighted by Gasteiger charge is -2.14. The molecular formula is C20H24N4O4S. The maximum atomic E-state index is 12.1. The standard InChI is InChI=1S/C20H24N4O4S/c1-4-12-29(25,26)24-17-10-7-9-16(14(17)2)21-13-19-22-20(23-28-19)15-8-5-6-11-18(15)27-3/h5-11,21,24H,4,12-13H2,1-3H3. The average Bonchev–Trinajstić information content (AvgIpc) is 3.17. The first-order valence-electron chi connectivity index (χ1n) is 9.23. The molecule has 0 spiro atoms. The van der Waals surface area contributed by atoms with E-state index in [4.69, 9.17) is 9.26 Å². The Bertz CT molecular complexity index is 1080. The molecule has 0 radical (unpaired) electrons. The Balaban J connectivity index is 1.73. The lowest BCUT2D eigenvalue weighted by molar-refractivity contribution is 0.383. The highest BCUT2D eigenvalue weighted by atomic mass is 32.2. The predicted octanol–water partition coefficient (Wildman–Crippen LogP) is 3.82. The highest BCUT2D eigenvalue weighted by Crippen LogP contribution is 2.28. The molecule has 29 heavy (non-hydrogen) atoms. The van der Waals surface area contributed by atoms with Crippen LogP contribution in [0, 0.1) is 6.92 Å². The summed E-state index contributed by atoms with van der Waals surface area (Å²) in [5.74, 6) is 1.59. The Morgan fingerprint density at radius 3 is 2.62 bits per heavy atom. The second kappa shape index (κ2) is 8.95. The van der Waals surface area contributed by atoms with Gasteiger partial charge in [-0.2, -0.15) is 4.98 Å². The van der Waals surface area contributed by atoms with Crippen LogP contribution < -0.4 is 14.8 Å². The molecule has 0 amide bonds. The van der Waals surface area contributed by atoms with Crippen LogP contribution >= 0.6 is 0 Å². The number of rotatable bonds is 9. The quantitative estimate of drug-likeness (QED) is 0.546. The number of hydrogen-bond donors (Lipinski definition) is 2. The van der Waals surface area contributed by atoms with Crippen LogP contribution in [0.25, 0.3) is 11.4 Å². The maximum absolute atomic E-state index is 12.1. The number of nitrogens with one attached hydrogen (secondary N) is 2. The zero-order valence-electron chi connectivity index (χ0n) is 16.6. The Morgan fingerprint density at radius 1 is 1.10 bits per heavy atom. The Hall–Kier alpha value is -3.07. The molecule has 154 valence electrons. The van der Waals surface area contributed by atoms with Crippen LogP contribution in [0.15, 0.2) is 47.0 Å². The van der Waals surface area contributed by atoms with Crippen molar-refractivity contribution in [2.24, 2.45) is 0 Å². The molecule has 0 aliphatic heterocycles. The number of aromatic nitrogens is 2. The first-order valence-corrected chi connectivity index (χ1v) is 10.9. The number of ether oxygens (including phenoxy) is 1. The minimum Gasteiger partial charge on any atom is -0.496 e. The van der Waals surface area contributed by atoms with Crippen LogP contribution in [0.3, 0.4) is 0 Å². The molecule has 0 saturated carbocycles. The van der Waals surface area contributed by atoms with E-state index in [1.165, 1.54) is 0 Å². The van der Waals surface area contributed by atoms with E-state index in [0.717, 1.165) is 16.8 Å². The summed E-state index contributed by atoms with van der Waals surface area (Å²) in [6.07, 6.45) is 0.554. The van der Waals surface area contributed by atoms with Crippen LogP contribution in [-0.4, -0.2) is 31.4 Å². The molecule has 0 bridgehead atoms. The van der Waals surface area contributed by atoms with E-state index in [2.05, 4.69) is 20.2 Å². The van der Waals surface area contributed by atoms with Crippen molar-refractivity contribution >= 4 is 21.4 Å². The summed E-state index contributed by atoms with van der Waals surface area (Å²) in [5.41, 5.74) is 2.85. The summed E-state index contributed by atoms with van der Waals surface area (Å²) in [5, 5.41) is 7.24. The van der Waals surface area contributed by atoms with Gasteiger partial charge in [0.1, 0.15) is 5.75 Å². The molecule has 9 heteroatoms. The van der Waals surface area contributed by atoms with Gasteiger partial charge in [-0.15, -0.1) is 0 Å². The summed E-state index contributed by atoms with van der Waals surface area (Å²) in [6.45, 7) is 3.97. The van der Waals surface area contributed by atoms with Crippen LogP contribution in [0.4, 0.5) is 11.4 Å². The summed E-state index contributed by atoms with van der Waals surface area (Å²) in [6, 6.07) is 12.8. The summed E-state index contributed by atoms with van der Waals surface area (Å²) in [7, 11) is -1.77. The summed E-state index contributed by atoms with van der Waals surface area (Å²) < 4.78 is 37.4. The van der Waals surface area contributed by atoms with Crippen molar-refractivity contribution in [3.05, 3.63) is 53.9 Å². The number of methoxy groups -OCH3 is 1. The van der Waals surface area contributed by atoms with Crippen molar-refractivity contribution in [1.29, 1.82) is 0 Å². The van der Waals surface area contributed by atoms with E-state index in [1.807, 2.05) is 44.2 Å². The minimum atomic E-state index is -3.36. The number of nitrogens with zero attached hydrogens (tertiary/aromatic N) is 2. The Kier molecular flexibility index (Phi) is 6.38. The molecule has 8 nitrogen and oxygen atoms in total.